The fourth-order valence-electron chi connectivity index (χ4n) is 4.83. The van der Waals surface area contributed by atoms with Crippen LogP contribution in [-0.2, 0) is 0 Å². The van der Waals surface area contributed by atoms with Gasteiger partial charge in [-0.05, 0) is 44.9 Å². The number of fused-ring (bicyclic) bond motifs is 1. The number of carbonyl (C=O) groups is 1. The summed E-state index contributed by atoms with van der Waals surface area (Å²) < 4.78 is 13.3. The van der Waals surface area contributed by atoms with Crippen LogP contribution in [0.1, 0.15) is 36.3 Å². The van der Waals surface area contributed by atoms with E-state index < -0.39 is 0 Å². The molecular weight excluding hydrogens is 418 g/mol. The van der Waals surface area contributed by atoms with Crippen LogP contribution in [0.15, 0.2) is 42.9 Å². The second-order valence-electron chi connectivity index (χ2n) is 8.57. The first-order chi connectivity index (χ1) is 15.9. The van der Waals surface area contributed by atoms with Crippen molar-refractivity contribution in [1.29, 1.82) is 0 Å². The molecule has 0 saturated carbocycles. The minimum absolute atomic E-state index is 0.0721. The first-order valence-corrected chi connectivity index (χ1v) is 11.0. The molecule has 1 amide bonds. The largest absolute Gasteiger partial charge is 0.496 e. The van der Waals surface area contributed by atoms with Crippen molar-refractivity contribution in [1.82, 2.24) is 24.6 Å². The zero-order valence-corrected chi connectivity index (χ0v) is 19.4. The third-order valence-corrected chi connectivity index (χ3v) is 6.54. The molecule has 2 aromatic carbocycles. The van der Waals surface area contributed by atoms with Gasteiger partial charge in [0.05, 0.1) is 36.6 Å². The Labute approximate surface area is 192 Å². The summed E-state index contributed by atoms with van der Waals surface area (Å²) in [5, 5.41) is 7.11. The molecule has 2 atom stereocenters. The van der Waals surface area contributed by atoms with Crippen LogP contribution in [0, 0.1) is 6.92 Å². The molecule has 0 spiro atoms. The molecular formula is C25H27N5O3. The Bertz CT molecular complexity index is 1320. The van der Waals surface area contributed by atoms with Crippen LogP contribution in [0.3, 0.4) is 0 Å². The second-order valence-corrected chi connectivity index (χ2v) is 8.57. The summed E-state index contributed by atoms with van der Waals surface area (Å²) in [5.74, 6) is 0.887. The second kappa shape index (κ2) is 7.95. The number of hydrogen-bond donors (Lipinski definition) is 1. The molecule has 0 radical (unpaired) electrons. The molecule has 170 valence electrons. The number of aromatic nitrogens is 4. The molecule has 1 aliphatic rings. The van der Waals surface area contributed by atoms with Gasteiger partial charge in [-0.15, -0.1) is 0 Å². The number of likely N-dealkylation sites (tertiary alicyclic amines) is 1. The summed E-state index contributed by atoms with van der Waals surface area (Å²) in [5.41, 5.74) is 6.08. The van der Waals surface area contributed by atoms with E-state index in [2.05, 4.69) is 35.1 Å². The van der Waals surface area contributed by atoms with Crippen LogP contribution in [0.25, 0.3) is 27.8 Å². The Morgan fingerprint density at radius 2 is 1.79 bits per heavy atom. The lowest BCUT2D eigenvalue weighted by Gasteiger charge is -2.45. The number of methoxy groups -OCH3 is 2. The van der Waals surface area contributed by atoms with Crippen molar-refractivity contribution >= 4 is 16.9 Å². The molecule has 8 heteroatoms. The molecule has 0 aliphatic carbocycles. The molecule has 5 rings (SSSR count). The predicted octanol–water partition coefficient (Wildman–Crippen LogP) is 4.36. The van der Waals surface area contributed by atoms with Crippen LogP contribution >= 0.6 is 0 Å². The summed E-state index contributed by atoms with van der Waals surface area (Å²) in [6.07, 6.45) is 4.65. The molecule has 2 unspecified atom stereocenters. The lowest BCUT2D eigenvalue weighted by atomic mass is 9.94. The maximum atomic E-state index is 13.3. The van der Waals surface area contributed by atoms with Gasteiger partial charge in [-0.2, -0.15) is 5.10 Å². The molecule has 33 heavy (non-hydrogen) atoms. The van der Waals surface area contributed by atoms with Gasteiger partial charge in [-0.3, -0.25) is 14.5 Å². The van der Waals surface area contributed by atoms with Gasteiger partial charge in [-0.25, -0.2) is 4.98 Å². The number of aromatic amines is 1. The van der Waals surface area contributed by atoms with E-state index in [0.29, 0.717) is 17.1 Å². The summed E-state index contributed by atoms with van der Waals surface area (Å²) in [6.45, 7) is 6.09. The number of amides is 1. The van der Waals surface area contributed by atoms with Gasteiger partial charge in [0.1, 0.15) is 23.4 Å². The molecule has 8 nitrogen and oxygen atoms in total. The third-order valence-electron chi connectivity index (χ3n) is 6.54. The van der Waals surface area contributed by atoms with Crippen molar-refractivity contribution in [2.75, 3.05) is 14.2 Å². The van der Waals surface area contributed by atoms with Gasteiger partial charge in [0.15, 0.2) is 0 Å². The van der Waals surface area contributed by atoms with Crippen LogP contribution < -0.4 is 9.47 Å². The van der Waals surface area contributed by atoms with Gasteiger partial charge in [0, 0.05) is 36.0 Å². The quantitative estimate of drug-likeness (QED) is 0.493. The highest BCUT2D eigenvalue weighted by Gasteiger charge is 2.38. The fraction of sp³-hybridized carbons (Fsp3) is 0.320. The van der Waals surface area contributed by atoms with Crippen molar-refractivity contribution in [2.24, 2.45) is 0 Å². The number of nitrogens with one attached hydrogen (secondary N) is 1. The molecule has 1 saturated heterocycles. The third kappa shape index (κ3) is 3.33. The molecule has 1 aliphatic heterocycles. The maximum absolute atomic E-state index is 13.3. The molecule has 0 bridgehead atoms. The van der Waals surface area contributed by atoms with Crippen LogP contribution in [0.5, 0.6) is 11.5 Å². The highest BCUT2D eigenvalue weighted by atomic mass is 16.5. The van der Waals surface area contributed by atoms with Gasteiger partial charge in [0.25, 0.3) is 5.91 Å². The maximum Gasteiger partial charge on any atom is 0.261 e. The SMILES string of the molecule is COc1cc(-n2cnc3cc(-c4c[nH]nc4C)ccc32)cc(OC)c1C(=O)N1C(C)CC1C. The number of nitrogens with zero attached hydrogens (tertiary/aromatic N) is 4. The Morgan fingerprint density at radius 3 is 2.36 bits per heavy atom. The van der Waals surface area contributed by atoms with Crippen LogP contribution in [-0.4, -0.2) is 56.9 Å². The Hall–Kier alpha value is -3.81. The summed E-state index contributed by atoms with van der Waals surface area (Å²) >= 11 is 0. The fourth-order valence-corrected chi connectivity index (χ4v) is 4.83. The van der Waals surface area contributed by atoms with Gasteiger partial charge in [0.2, 0.25) is 0 Å². The zero-order chi connectivity index (χ0) is 23.3. The van der Waals surface area contributed by atoms with E-state index in [0.717, 1.165) is 40.0 Å². The average molecular weight is 446 g/mol. The van der Waals surface area contributed by atoms with Gasteiger partial charge < -0.3 is 14.4 Å². The monoisotopic (exact) mass is 445 g/mol. The number of carbonyl (C=O) groups excluding carboxylic acids is 1. The van der Waals surface area contributed by atoms with Gasteiger partial charge in [-0.1, -0.05) is 6.07 Å². The molecule has 1 N–H and O–H groups in total. The Kier molecular flexibility index (Phi) is 5.08. The molecule has 3 heterocycles. The van der Waals surface area contributed by atoms with E-state index in [1.54, 1.807) is 20.5 Å². The zero-order valence-electron chi connectivity index (χ0n) is 19.4. The van der Waals surface area contributed by atoms with E-state index in [1.165, 1.54) is 0 Å². The van der Waals surface area contributed by atoms with Crippen molar-refractivity contribution in [3.63, 3.8) is 0 Å². The highest BCUT2D eigenvalue weighted by molar-refractivity contribution is 6.01. The van der Waals surface area contributed by atoms with E-state index in [9.17, 15) is 4.79 Å². The number of H-pyrrole nitrogens is 1. The highest BCUT2D eigenvalue weighted by Crippen LogP contribution is 2.38. The van der Waals surface area contributed by atoms with E-state index >= 15 is 0 Å². The molecule has 1 fully saturated rings. The summed E-state index contributed by atoms with van der Waals surface area (Å²) in [6, 6.07) is 10.3. The van der Waals surface area contributed by atoms with Crippen LogP contribution in [0.4, 0.5) is 0 Å². The number of rotatable bonds is 5. The van der Waals surface area contributed by atoms with Gasteiger partial charge >= 0.3 is 0 Å². The average Bonchev–Trinajstić information content (AvgIpc) is 3.43. The summed E-state index contributed by atoms with van der Waals surface area (Å²) in [4.78, 5) is 19.8. The first kappa shape index (κ1) is 21.1. The topological polar surface area (TPSA) is 85.3 Å². The number of hydrogen-bond acceptors (Lipinski definition) is 5. The number of ether oxygens (including phenoxy) is 2. The predicted molar refractivity (Wildman–Crippen MR) is 126 cm³/mol. The number of benzene rings is 2. The standard InChI is InChI=1S/C25H27N5O3/c1-14-8-15(2)30(14)25(31)24-22(32-4)10-18(11-23(24)33-5)29-13-26-20-9-17(6-7-21(20)29)19-12-27-28-16(19)3/h6-7,9-15H,8H2,1-5H3,(H,27,28). The number of imidazole rings is 1. The van der Waals surface area contributed by atoms with Crippen molar-refractivity contribution in [3.8, 4) is 28.3 Å². The number of aryl methyl sites for hydroxylation is 1. The molecule has 4 aromatic rings. The van der Waals surface area contributed by atoms with Crippen LogP contribution in [0.2, 0.25) is 0 Å². The van der Waals surface area contributed by atoms with E-state index in [-0.39, 0.29) is 18.0 Å². The molecule has 2 aromatic heterocycles. The van der Waals surface area contributed by atoms with E-state index in [4.69, 9.17) is 9.47 Å². The smallest absolute Gasteiger partial charge is 0.261 e. The van der Waals surface area contributed by atoms with Crippen molar-refractivity contribution < 1.29 is 14.3 Å². The lowest BCUT2D eigenvalue weighted by Crippen LogP contribution is -2.55. The van der Waals surface area contributed by atoms with Crippen molar-refractivity contribution in [3.05, 3.63) is 54.1 Å². The first-order valence-electron chi connectivity index (χ1n) is 11.0. The van der Waals surface area contributed by atoms with E-state index in [1.807, 2.05) is 46.9 Å². The Morgan fingerprint density at radius 1 is 1.09 bits per heavy atom. The Balaban J connectivity index is 1.58. The minimum Gasteiger partial charge on any atom is -0.496 e. The summed E-state index contributed by atoms with van der Waals surface area (Å²) in [7, 11) is 3.15. The lowest BCUT2D eigenvalue weighted by molar-refractivity contribution is 0.0260. The minimum atomic E-state index is -0.0721. The normalized spacial score (nSPS) is 17.8. The van der Waals surface area contributed by atoms with Crippen molar-refractivity contribution in [2.45, 2.75) is 39.3 Å².